The molecule has 0 atom stereocenters. The number of hydrogen-bond donors (Lipinski definition) is 2. The third-order valence-electron chi connectivity index (χ3n) is 2.34. The van der Waals surface area contributed by atoms with Crippen molar-refractivity contribution in [2.45, 2.75) is 19.4 Å². The zero-order valence-electron chi connectivity index (χ0n) is 11.1. The van der Waals surface area contributed by atoms with Crippen LogP contribution in [0.1, 0.15) is 24.2 Å². The number of methoxy groups -OCH3 is 1. The van der Waals surface area contributed by atoms with E-state index in [1.54, 1.807) is 13.8 Å². The Kier molecular flexibility index (Phi) is 4.44. The number of nitrogens with one attached hydrogen (secondary N) is 1. The molecule has 0 radical (unpaired) electrons. The molecule has 1 aromatic carbocycles. The summed E-state index contributed by atoms with van der Waals surface area (Å²) in [6.07, 6.45) is 0. The molecule has 19 heavy (non-hydrogen) atoms. The molecule has 7 nitrogen and oxygen atoms in total. The molecule has 0 unspecified atom stereocenters. The molecule has 0 aliphatic carbocycles. The van der Waals surface area contributed by atoms with Crippen molar-refractivity contribution in [3.05, 3.63) is 33.9 Å². The summed E-state index contributed by atoms with van der Waals surface area (Å²) in [5, 5.41) is 13.4. The van der Waals surface area contributed by atoms with Crippen LogP contribution in [0.25, 0.3) is 0 Å². The summed E-state index contributed by atoms with van der Waals surface area (Å²) in [7, 11) is 1.31. The summed E-state index contributed by atoms with van der Waals surface area (Å²) >= 11 is 0. The van der Waals surface area contributed by atoms with Crippen LogP contribution in [0.2, 0.25) is 0 Å². The molecule has 7 heteroatoms. The maximum absolute atomic E-state index is 11.8. The van der Waals surface area contributed by atoms with Crippen molar-refractivity contribution in [2.75, 3.05) is 13.7 Å². The fourth-order valence-corrected chi connectivity index (χ4v) is 1.38. The maximum Gasteiger partial charge on any atom is 0.310 e. The molecule has 0 heterocycles. The Hall–Kier alpha value is -2.15. The van der Waals surface area contributed by atoms with Crippen LogP contribution in [0.15, 0.2) is 18.2 Å². The number of nitro groups is 1. The molecule has 0 saturated carbocycles. The van der Waals surface area contributed by atoms with Crippen molar-refractivity contribution in [3.63, 3.8) is 0 Å². The molecular weight excluding hydrogens is 250 g/mol. The van der Waals surface area contributed by atoms with Crippen LogP contribution in [-0.2, 0) is 0 Å². The van der Waals surface area contributed by atoms with Gasteiger partial charge in [0, 0.05) is 29.8 Å². The van der Waals surface area contributed by atoms with Crippen molar-refractivity contribution in [3.8, 4) is 5.75 Å². The van der Waals surface area contributed by atoms with E-state index in [1.165, 1.54) is 25.3 Å². The Morgan fingerprint density at radius 2 is 2.16 bits per heavy atom. The van der Waals surface area contributed by atoms with Crippen molar-refractivity contribution in [2.24, 2.45) is 5.73 Å². The van der Waals surface area contributed by atoms with E-state index in [2.05, 4.69) is 5.32 Å². The van der Waals surface area contributed by atoms with E-state index in [-0.39, 0.29) is 22.9 Å². The highest BCUT2D eigenvalue weighted by atomic mass is 16.6. The molecule has 1 amide bonds. The van der Waals surface area contributed by atoms with E-state index >= 15 is 0 Å². The van der Waals surface area contributed by atoms with Crippen molar-refractivity contribution in [1.29, 1.82) is 0 Å². The van der Waals surface area contributed by atoms with Crippen LogP contribution in [0.3, 0.4) is 0 Å². The number of nitrogens with two attached hydrogens (primary N) is 1. The first-order chi connectivity index (χ1) is 8.74. The zero-order chi connectivity index (χ0) is 14.6. The second-order valence-corrected chi connectivity index (χ2v) is 4.81. The second-order valence-electron chi connectivity index (χ2n) is 4.81. The molecule has 1 rings (SSSR count). The summed E-state index contributed by atoms with van der Waals surface area (Å²) in [6.45, 7) is 3.86. The molecule has 0 bridgehead atoms. The average molecular weight is 267 g/mol. The minimum absolute atomic E-state index is 0.0460. The zero-order valence-corrected chi connectivity index (χ0v) is 11.1. The molecule has 0 aromatic heterocycles. The van der Waals surface area contributed by atoms with Gasteiger partial charge in [-0.1, -0.05) is 0 Å². The predicted molar refractivity (Wildman–Crippen MR) is 70.2 cm³/mol. The summed E-state index contributed by atoms with van der Waals surface area (Å²) in [5.41, 5.74) is 5.33. The predicted octanol–water partition coefficient (Wildman–Crippen LogP) is 1.07. The number of carbonyl (C=O) groups is 1. The second kappa shape index (κ2) is 5.66. The standard InChI is InChI=1S/C12H17N3O4/c1-12(2,13)7-14-11(16)8-4-5-9(15(17)18)10(6-8)19-3/h4-6H,7,13H2,1-3H3,(H,14,16). The van der Waals surface area contributed by atoms with Gasteiger partial charge in [-0.2, -0.15) is 0 Å². The SMILES string of the molecule is COc1cc(C(=O)NCC(C)(C)N)ccc1[N+](=O)[O-]. The van der Waals surface area contributed by atoms with E-state index in [4.69, 9.17) is 10.5 Å². The molecular formula is C12H17N3O4. The molecule has 1 aromatic rings. The van der Waals surface area contributed by atoms with Gasteiger partial charge in [0.05, 0.1) is 12.0 Å². The normalized spacial score (nSPS) is 10.9. The summed E-state index contributed by atoms with van der Waals surface area (Å²) < 4.78 is 4.90. The van der Waals surface area contributed by atoms with Crippen molar-refractivity contribution in [1.82, 2.24) is 5.32 Å². The first-order valence-electron chi connectivity index (χ1n) is 5.64. The smallest absolute Gasteiger partial charge is 0.310 e. The van der Waals surface area contributed by atoms with E-state index in [1.807, 2.05) is 0 Å². The molecule has 104 valence electrons. The van der Waals surface area contributed by atoms with Gasteiger partial charge >= 0.3 is 5.69 Å². The molecule has 0 spiro atoms. The minimum atomic E-state index is -0.566. The van der Waals surface area contributed by atoms with Gasteiger partial charge in [-0.3, -0.25) is 14.9 Å². The third kappa shape index (κ3) is 4.22. The first-order valence-corrected chi connectivity index (χ1v) is 5.64. The summed E-state index contributed by atoms with van der Waals surface area (Å²) in [5.74, 6) is -0.309. The number of benzene rings is 1. The fourth-order valence-electron chi connectivity index (χ4n) is 1.38. The van der Waals surface area contributed by atoms with Gasteiger partial charge in [-0.15, -0.1) is 0 Å². The number of hydrogen-bond acceptors (Lipinski definition) is 5. The Bertz CT molecular complexity index is 494. The van der Waals surface area contributed by atoms with Crippen LogP contribution in [0.5, 0.6) is 5.75 Å². The fraction of sp³-hybridized carbons (Fsp3) is 0.417. The summed E-state index contributed by atoms with van der Waals surface area (Å²) in [6, 6.07) is 3.94. The van der Waals surface area contributed by atoms with Crippen LogP contribution < -0.4 is 15.8 Å². The maximum atomic E-state index is 11.8. The molecule has 0 aliphatic rings. The molecule has 0 fully saturated rings. The van der Waals surface area contributed by atoms with Gasteiger partial charge in [0.25, 0.3) is 5.91 Å². The molecule has 0 saturated heterocycles. The number of rotatable bonds is 5. The van der Waals surface area contributed by atoms with Gasteiger partial charge in [0.15, 0.2) is 5.75 Å². The van der Waals surface area contributed by atoms with Gasteiger partial charge in [-0.25, -0.2) is 0 Å². The van der Waals surface area contributed by atoms with Crippen LogP contribution >= 0.6 is 0 Å². The largest absolute Gasteiger partial charge is 0.490 e. The Labute approximate surface area is 110 Å². The highest BCUT2D eigenvalue weighted by Crippen LogP contribution is 2.27. The van der Waals surface area contributed by atoms with Gasteiger partial charge in [0.1, 0.15) is 0 Å². The van der Waals surface area contributed by atoms with Gasteiger partial charge in [0.2, 0.25) is 0 Å². The Morgan fingerprint density at radius 1 is 1.53 bits per heavy atom. The van der Waals surface area contributed by atoms with Crippen molar-refractivity contribution >= 4 is 11.6 Å². The number of nitro benzene ring substituents is 1. The highest BCUT2D eigenvalue weighted by molar-refractivity contribution is 5.95. The lowest BCUT2D eigenvalue weighted by Gasteiger charge is -2.18. The van der Waals surface area contributed by atoms with Crippen LogP contribution in [-0.4, -0.2) is 30.0 Å². The van der Waals surface area contributed by atoms with Crippen LogP contribution in [0.4, 0.5) is 5.69 Å². The number of carbonyl (C=O) groups excluding carboxylic acids is 1. The number of amides is 1. The first kappa shape index (κ1) is 14.9. The van der Waals surface area contributed by atoms with E-state index in [0.29, 0.717) is 6.54 Å². The Balaban J connectivity index is 2.90. The highest BCUT2D eigenvalue weighted by Gasteiger charge is 2.18. The van der Waals surface area contributed by atoms with E-state index < -0.39 is 10.5 Å². The lowest BCUT2D eigenvalue weighted by Crippen LogP contribution is -2.45. The topological polar surface area (TPSA) is 107 Å². The van der Waals surface area contributed by atoms with Crippen LogP contribution in [0, 0.1) is 10.1 Å². The monoisotopic (exact) mass is 267 g/mol. The lowest BCUT2D eigenvalue weighted by atomic mass is 10.1. The van der Waals surface area contributed by atoms with Crippen molar-refractivity contribution < 1.29 is 14.5 Å². The number of ether oxygens (including phenoxy) is 1. The minimum Gasteiger partial charge on any atom is -0.490 e. The van der Waals surface area contributed by atoms with E-state index in [0.717, 1.165) is 0 Å². The summed E-state index contributed by atoms with van der Waals surface area (Å²) in [4.78, 5) is 22.0. The Morgan fingerprint density at radius 3 is 2.63 bits per heavy atom. The van der Waals surface area contributed by atoms with Gasteiger partial charge < -0.3 is 15.8 Å². The van der Waals surface area contributed by atoms with Gasteiger partial charge in [-0.05, 0) is 19.9 Å². The quantitative estimate of drug-likeness (QED) is 0.613. The molecule has 3 N–H and O–H groups in total. The lowest BCUT2D eigenvalue weighted by molar-refractivity contribution is -0.385. The van der Waals surface area contributed by atoms with E-state index in [9.17, 15) is 14.9 Å². The third-order valence-corrected chi connectivity index (χ3v) is 2.34. The average Bonchev–Trinajstić information content (AvgIpc) is 2.34. The number of nitrogens with zero attached hydrogens (tertiary/aromatic N) is 1. The molecule has 0 aliphatic heterocycles.